The molecule has 0 aliphatic carbocycles. The molecule has 150 valence electrons. The van der Waals surface area contributed by atoms with Crippen LogP contribution in [0.15, 0.2) is 71.7 Å². The minimum atomic E-state index is -0.180. The normalized spacial score (nSPS) is 12.8. The van der Waals surface area contributed by atoms with Crippen LogP contribution in [0.4, 0.5) is 5.82 Å². The highest BCUT2D eigenvalue weighted by Gasteiger charge is 2.23. The summed E-state index contributed by atoms with van der Waals surface area (Å²) < 4.78 is 3.43. The van der Waals surface area contributed by atoms with Gasteiger partial charge in [-0.25, -0.2) is 9.78 Å². The number of imidazole rings is 1. The maximum Gasteiger partial charge on any atom is 0.329 e. The van der Waals surface area contributed by atoms with E-state index in [0.717, 1.165) is 35.0 Å². The lowest BCUT2D eigenvalue weighted by Crippen LogP contribution is -2.35. The van der Waals surface area contributed by atoms with Crippen LogP contribution < -0.4 is 10.6 Å². The Balaban J connectivity index is 1.62. The first-order chi connectivity index (χ1) is 14.6. The number of hydrogen-bond acceptors (Lipinski definition) is 3. The average molecular weight is 398 g/mol. The third-order valence-corrected chi connectivity index (χ3v) is 5.79. The van der Waals surface area contributed by atoms with E-state index >= 15 is 0 Å². The predicted molar refractivity (Wildman–Crippen MR) is 118 cm³/mol. The predicted octanol–water partition coefficient (Wildman–Crippen LogP) is 3.47. The molecule has 0 radical (unpaired) electrons. The van der Waals surface area contributed by atoms with Gasteiger partial charge in [0.2, 0.25) is 5.91 Å². The lowest BCUT2D eigenvalue weighted by atomic mass is 9.97. The zero-order chi connectivity index (χ0) is 20.7. The Morgan fingerprint density at radius 1 is 1.07 bits per heavy atom. The number of carbonyl (C=O) groups excluding carboxylic acids is 1. The number of aryl methyl sites for hydroxylation is 2. The van der Waals surface area contributed by atoms with Crippen molar-refractivity contribution >= 4 is 22.8 Å². The van der Waals surface area contributed by atoms with Gasteiger partial charge in [-0.15, -0.1) is 0 Å². The van der Waals surface area contributed by atoms with E-state index in [1.807, 2.05) is 41.0 Å². The Morgan fingerprint density at radius 3 is 2.63 bits per heavy atom. The van der Waals surface area contributed by atoms with Crippen molar-refractivity contribution in [2.24, 2.45) is 0 Å². The van der Waals surface area contributed by atoms with Gasteiger partial charge in [-0.1, -0.05) is 36.4 Å². The van der Waals surface area contributed by atoms with Crippen LogP contribution >= 0.6 is 0 Å². The van der Waals surface area contributed by atoms with Crippen molar-refractivity contribution in [3.8, 4) is 11.1 Å². The van der Waals surface area contributed by atoms with Crippen molar-refractivity contribution in [3.63, 3.8) is 0 Å². The number of amides is 1. The van der Waals surface area contributed by atoms with Crippen LogP contribution in [0.1, 0.15) is 12.0 Å². The second-order valence-electron chi connectivity index (χ2n) is 7.63. The summed E-state index contributed by atoms with van der Waals surface area (Å²) in [5, 5.41) is 0. The number of aromatic nitrogens is 3. The van der Waals surface area contributed by atoms with Gasteiger partial charge in [0.25, 0.3) is 0 Å². The Kier molecular flexibility index (Phi) is 4.47. The Labute approximate surface area is 174 Å². The van der Waals surface area contributed by atoms with E-state index in [0.29, 0.717) is 12.4 Å². The van der Waals surface area contributed by atoms with Gasteiger partial charge in [0.05, 0.1) is 11.0 Å². The van der Waals surface area contributed by atoms with Crippen molar-refractivity contribution in [2.45, 2.75) is 25.9 Å². The van der Waals surface area contributed by atoms with Gasteiger partial charge >= 0.3 is 5.69 Å². The molecule has 6 nitrogen and oxygen atoms in total. The SMILES string of the molecule is CN(C(=O)Cn1c(=O)n2c3c(cc(-c4ccccc4)cc31)CCC2)c1ccccn1. The maximum atomic E-state index is 13.2. The lowest BCUT2D eigenvalue weighted by molar-refractivity contribution is -0.118. The molecule has 0 bridgehead atoms. The van der Waals surface area contributed by atoms with Crippen LogP contribution in [0.2, 0.25) is 0 Å². The largest absolute Gasteiger partial charge is 0.329 e. The lowest BCUT2D eigenvalue weighted by Gasteiger charge is -2.16. The quantitative estimate of drug-likeness (QED) is 0.529. The number of carbonyl (C=O) groups is 1. The van der Waals surface area contributed by atoms with Crippen LogP contribution in [0.5, 0.6) is 0 Å². The van der Waals surface area contributed by atoms with Gasteiger partial charge in [-0.05, 0) is 53.8 Å². The Morgan fingerprint density at radius 2 is 1.87 bits per heavy atom. The first-order valence-corrected chi connectivity index (χ1v) is 10.1. The summed E-state index contributed by atoms with van der Waals surface area (Å²) in [4.78, 5) is 31.9. The molecule has 0 fully saturated rings. The summed E-state index contributed by atoms with van der Waals surface area (Å²) >= 11 is 0. The molecule has 30 heavy (non-hydrogen) atoms. The van der Waals surface area contributed by atoms with Crippen LogP contribution in [0.25, 0.3) is 22.2 Å². The molecule has 5 rings (SSSR count). The molecule has 6 heteroatoms. The van der Waals surface area contributed by atoms with Crippen molar-refractivity contribution in [1.82, 2.24) is 14.1 Å². The summed E-state index contributed by atoms with van der Waals surface area (Å²) in [5.74, 6) is 0.384. The molecule has 0 spiro atoms. The topological polar surface area (TPSA) is 60.1 Å². The fourth-order valence-electron chi connectivity index (χ4n) is 4.24. The van der Waals surface area contributed by atoms with Crippen LogP contribution in [-0.2, 0) is 24.3 Å². The molecule has 2 aromatic heterocycles. The monoisotopic (exact) mass is 398 g/mol. The molecule has 0 N–H and O–H groups in total. The third-order valence-electron chi connectivity index (χ3n) is 5.79. The molecule has 2 aromatic carbocycles. The van der Waals surface area contributed by atoms with E-state index in [2.05, 4.69) is 23.2 Å². The van der Waals surface area contributed by atoms with E-state index < -0.39 is 0 Å². The van der Waals surface area contributed by atoms with E-state index in [-0.39, 0.29) is 18.1 Å². The zero-order valence-electron chi connectivity index (χ0n) is 16.8. The van der Waals surface area contributed by atoms with Gasteiger partial charge in [-0.2, -0.15) is 0 Å². The second kappa shape index (κ2) is 7.30. The third kappa shape index (κ3) is 3.01. The minimum absolute atomic E-state index is 0.0207. The van der Waals surface area contributed by atoms with Gasteiger partial charge in [0.1, 0.15) is 12.4 Å². The minimum Gasteiger partial charge on any atom is -0.298 e. The summed E-state index contributed by atoms with van der Waals surface area (Å²) in [5.41, 5.74) is 4.98. The molecular formula is C24H22N4O2. The summed E-state index contributed by atoms with van der Waals surface area (Å²) in [6.07, 6.45) is 3.51. The Bertz CT molecular complexity index is 1290. The van der Waals surface area contributed by atoms with Crippen LogP contribution in [0, 0.1) is 0 Å². The molecule has 4 aromatic rings. The Hall–Kier alpha value is -3.67. The summed E-state index contributed by atoms with van der Waals surface area (Å²) in [6, 6.07) is 19.8. The molecule has 0 unspecified atom stereocenters. The first kappa shape index (κ1) is 18.4. The first-order valence-electron chi connectivity index (χ1n) is 10.1. The van der Waals surface area contributed by atoms with Gasteiger partial charge in [-0.3, -0.25) is 18.8 Å². The fraction of sp³-hybridized carbons (Fsp3) is 0.208. The van der Waals surface area contributed by atoms with Crippen molar-refractivity contribution in [2.75, 3.05) is 11.9 Å². The van der Waals surface area contributed by atoms with Gasteiger partial charge < -0.3 is 0 Å². The standard InChI is InChI=1S/C24H22N4O2/c1-26(21-11-5-6-12-25-21)22(29)16-28-20-15-19(17-8-3-2-4-9-17)14-18-10-7-13-27(23(18)20)24(28)30/h2-6,8-9,11-12,14-15H,7,10,13,16H2,1H3. The smallest absolute Gasteiger partial charge is 0.298 e. The van der Waals surface area contributed by atoms with Crippen molar-refractivity contribution in [3.05, 3.63) is 82.9 Å². The highest BCUT2D eigenvalue weighted by molar-refractivity contribution is 5.93. The van der Waals surface area contributed by atoms with Crippen molar-refractivity contribution in [1.29, 1.82) is 0 Å². The average Bonchev–Trinajstić information content (AvgIpc) is 3.07. The molecular weight excluding hydrogens is 376 g/mol. The van der Waals surface area contributed by atoms with Crippen molar-refractivity contribution < 1.29 is 4.79 Å². The van der Waals surface area contributed by atoms with E-state index in [9.17, 15) is 9.59 Å². The molecule has 0 saturated carbocycles. The van der Waals surface area contributed by atoms with Crippen LogP contribution in [-0.4, -0.2) is 27.1 Å². The molecule has 1 aliphatic rings. The highest BCUT2D eigenvalue weighted by Crippen LogP contribution is 2.30. The van der Waals surface area contributed by atoms with E-state index in [4.69, 9.17) is 0 Å². The van der Waals surface area contributed by atoms with E-state index in [1.165, 1.54) is 10.5 Å². The summed E-state index contributed by atoms with van der Waals surface area (Å²) in [7, 11) is 1.69. The maximum absolute atomic E-state index is 13.2. The fourth-order valence-corrected chi connectivity index (χ4v) is 4.24. The number of nitrogens with zero attached hydrogens (tertiary/aromatic N) is 4. The highest BCUT2D eigenvalue weighted by atomic mass is 16.2. The second-order valence-corrected chi connectivity index (χ2v) is 7.63. The van der Waals surface area contributed by atoms with Gasteiger partial charge in [0.15, 0.2) is 0 Å². The van der Waals surface area contributed by atoms with Crippen LogP contribution in [0.3, 0.4) is 0 Å². The number of likely N-dealkylation sites (N-methyl/N-ethyl adjacent to an activating group) is 1. The number of rotatable bonds is 4. The molecule has 0 saturated heterocycles. The number of hydrogen-bond donors (Lipinski definition) is 0. The van der Waals surface area contributed by atoms with E-state index in [1.54, 1.807) is 23.9 Å². The number of anilines is 1. The zero-order valence-corrected chi connectivity index (χ0v) is 16.8. The summed E-state index contributed by atoms with van der Waals surface area (Å²) in [6.45, 7) is 0.664. The molecule has 1 aliphatic heterocycles. The molecule has 1 amide bonds. The molecule has 0 atom stereocenters. The van der Waals surface area contributed by atoms with Gasteiger partial charge in [0, 0.05) is 19.8 Å². The number of benzene rings is 2. The number of pyridine rings is 1. The molecule has 3 heterocycles.